The summed E-state index contributed by atoms with van der Waals surface area (Å²) in [7, 11) is -3.87. The number of carbonyl (C=O) groups is 1. The van der Waals surface area contributed by atoms with Crippen molar-refractivity contribution in [3.05, 3.63) is 63.4 Å². The molecule has 8 nitrogen and oxygen atoms in total. The van der Waals surface area contributed by atoms with E-state index in [0.717, 1.165) is 18.2 Å². The number of nitro benzene ring substituents is 1. The highest BCUT2D eigenvalue weighted by atomic mass is 35.5. The Morgan fingerprint density at radius 2 is 1.93 bits per heavy atom. The number of halogens is 2. The summed E-state index contributed by atoms with van der Waals surface area (Å²) in [6, 6.07) is 8.15. The standard InChI is InChI=1S/C18H17ClFN3O5S/c19-16-8-5-14(23(25)26)10-17(16)21-18(24)12-2-1-9-22(11-12)29(27,28)15-6-3-13(20)4-7-15/h3-8,10,12H,1-2,9,11H2,(H,21,24)/t12-/m0/s1. The molecule has 0 unspecified atom stereocenters. The highest BCUT2D eigenvalue weighted by Crippen LogP contribution is 2.29. The number of amides is 1. The normalized spacial score (nSPS) is 17.7. The number of hydrogen-bond acceptors (Lipinski definition) is 5. The molecule has 1 aliphatic rings. The van der Waals surface area contributed by atoms with E-state index in [0.29, 0.717) is 12.8 Å². The predicted molar refractivity (Wildman–Crippen MR) is 105 cm³/mol. The van der Waals surface area contributed by atoms with Crippen LogP contribution in [-0.4, -0.2) is 36.6 Å². The minimum Gasteiger partial charge on any atom is -0.324 e. The zero-order valence-corrected chi connectivity index (χ0v) is 16.6. The van der Waals surface area contributed by atoms with Gasteiger partial charge in [0.05, 0.1) is 26.4 Å². The first-order chi connectivity index (χ1) is 13.7. The van der Waals surface area contributed by atoms with Gasteiger partial charge in [0.15, 0.2) is 0 Å². The molecular formula is C18H17ClFN3O5S. The summed E-state index contributed by atoms with van der Waals surface area (Å²) in [5.41, 5.74) is -0.141. The molecule has 1 aliphatic heterocycles. The van der Waals surface area contributed by atoms with Crippen LogP contribution in [0.2, 0.25) is 5.02 Å². The van der Waals surface area contributed by atoms with Crippen molar-refractivity contribution in [1.82, 2.24) is 4.31 Å². The number of sulfonamides is 1. The van der Waals surface area contributed by atoms with Crippen LogP contribution < -0.4 is 5.32 Å². The van der Waals surface area contributed by atoms with Gasteiger partial charge in [-0.05, 0) is 43.2 Å². The number of nitro groups is 1. The fraction of sp³-hybridized carbons (Fsp3) is 0.278. The number of rotatable bonds is 5. The van der Waals surface area contributed by atoms with Crippen molar-refractivity contribution in [3.63, 3.8) is 0 Å². The third-order valence-corrected chi connectivity index (χ3v) is 6.83. The van der Waals surface area contributed by atoms with E-state index in [1.165, 1.54) is 28.6 Å². The Bertz CT molecular complexity index is 1050. The molecule has 1 N–H and O–H groups in total. The number of piperidine rings is 1. The molecule has 1 atom stereocenters. The van der Waals surface area contributed by atoms with Crippen LogP contribution >= 0.6 is 11.6 Å². The van der Waals surface area contributed by atoms with Gasteiger partial charge in [-0.3, -0.25) is 14.9 Å². The molecule has 0 radical (unpaired) electrons. The van der Waals surface area contributed by atoms with Crippen LogP contribution in [0.4, 0.5) is 15.8 Å². The molecule has 29 heavy (non-hydrogen) atoms. The van der Waals surface area contributed by atoms with Gasteiger partial charge in [0.1, 0.15) is 5.82 Å². The van der Waals surface area contributed by atoms with E-state index >= 15 is 0 Å². The van der Waals surface area contributed by atoms with Gasteiger partial charge in [-0.2, -0.15) is 4.31 Å². The summed E-state index contributed by atoms with van der Waals surface area (Å²) in [5, 5.41) is 13.6. The fourth-order valence-electron chi connectivity index (χ4n) is 3.09. The Kier molecular flexibility index (Phi) is 6.15. The van der Waals surface area contributed by atoms with Crippen molar-refractivity contribution in [2.75, 3.05) is 18.4 Å². The van der Waals surface area contributed by atoms with Gasteiger partial charge in [0.25, 0.3) is 5.69 Å². The fourth-order valence-corrected chi connectivity index (χ4v) is 4.78. The van der Waals surface area contributed by atoms with Crippen LogP contribution in [0.1, 0.15) is 12.8 Å². The molecule has 0 saturated carbocycles. The third-order valence-electron chi connectivity index (χ3n) is 4.62. The molecular weight excluding hydrogens is 425 g/mol. The molecule has 0 bridgehead atoms. The molecule has 1 fully saturated rings. The summed E-state index contributed by atoms with van der Waals surface area (Å²) in [6.07, 6.45) is 0.912. The molecule has 1 heterocycles. The number of benzene rings is 2. The summed E-state index contributed by atoms with van der Waals surface area (Å²) >= 11 is 6.00. The molecule has 1 saturated heterocycles. The van der Waals surface area contributed by atoms with E-state index in [9.17, 15) is 27.7 Å². The summed E-state index contributed by atoms with van der Waals surface area (Å²) in [4.78, 5) is 22.9. The molecule has 0 spiro atoms. The molecule has 154 valence electrons. The number of non-ortho nitro benzene ring substituents is 1. The lowest BCUT2D eigenvalue weighted by Gasteiger charge is -2.31. The van der Waals surface area contributed by atoms with Crippen molar-refractivity contribution >= 4 is 38.9 Å². The van der Waals surface area contributed by atoms with Crippen LogP contribution in [-0.2, 0) is 14.8 Å². The second kappa shape index (κ2) is 8.44. The second-order valence-electron chi connectivity index (χ2n) is 6.57. The van der Waals surface area contributed by atoms with Crippen LogP contribution in [0.25, 0.3) is 0 Å². The Morgan fingerprint density at radius 3 is 2.59 bits per heavy atom. The lowest BCUT2D eigenvalue weighted by Crippen LogP contribution is -2.43. The van der Waals surface area contributed by atoms with Crippen molar-refractivity contribution < 1.29 is 22.5 Å². The number of nitrogens with zero attached hydrogens (tertiary/aromatic N) is 2. The topological polar surface area (TPSA) is 110 Å². The Labute approximate surface area is 171 Å². The van der Waals surface area contributed by atoms with Crippen molar-refractivity contribution in [2.45, 2.75) is 17.7 Å². The molecule has 0 aromatic heterocycles. The Hall–Kier alpha value is -2.56. The van der Waals surface area contributed by atoms with Crippen LogP contribution in [0, 0.1) is 21.8 Å². The number of nitrogens with one attached hydrogen (secondary N) is 1. The predicted octanol–water partition coefficient (Wildman–Crippen LogP) is 3.43. The molecule has 2 aromatic carbocycles. The van der Waals surface area contributed by atoms with E-state index < -0.39 is 32.6 Å². The minimum atomic E-state index is -3.87. The van der Waals surface area contributed by atoms with Crippen molar-refractivity contribution in [1.29, 1.82) is 0 Å². The first kappa shape index (κ1) is 21.2. The Balaban J connectivity index is 1.75. The number of anilines is 1. The highest BCUT2D eigenvalue weighted by Gasteiger charge is 2.33. The van der Waals surface area contributed by atoms with Crippen molar-refractivity contribution in [3.8, 4) is 0 Å². The lowest BCUT2D eigenvalue weighted by atomic mass is 9.98. The van der Waals surface area contributed by atoms with Gasteiger partial charge in [-0.25, -0.2) is 12.8 Å². The third kappa shape index (κ3) is 4.72. The van der Waals surface area contributed by atoms with E-state index in [4.69, 9.17) is 11.6 Å². The molecule has 3 rings (SSSR count). The smallest absolute Gasteiger partial charge is 0.271 e. The molecule has 0 aliphatic carbocycles. The highest BCUT2D eigenvalue weighted by molar-refractivity contribution is 7.89. The monoisotopic (exact) mass is 441 g/mol. The lowest BCUT2D eigenvalue weighted by molar-refractivity contribution is -0.384. The summed E-state index contributed by atoms with van der Waals surface area (Å²) in [5.74, 6) is -1.69. The van der Waals surface area contributed by atoms with Gasteiger partial charge in [0, 0.05) is 25.2 Å². The molecule has 1 amide bonds. The van der Waals surface area contributed by atoms with Gasteiger partial charge in [-0.1, -0.05) is 11.6 Å². The van der Waals surface area contributed by atoms with Gasteiger partial charge < -0.3 is 5.32 Å². The SMILES string of the molecule is O=C(Nc1cc([N+](=O)[O-])ccc1Cl)[C@H]1CCCN(S(=O)(=O)c2ccc(F)cc2)C1. The van der Waals surface area contributed by atoms with Crippen LogP contribution in [0.5, 0.6) is 0 Å². The van der Waals surface area contributed by atoms with E-state index in [2.05, 4.69) is 5.32 Å². The largest absolute Gasteiger partial charge is 0.324 e. The van der Waals surface area contributed by atoms with Crippen molar-refractivity contribution in [2.24, 2.45) is 5.92 Å². The summed E-state index contributed by atoms with van der Waals surface area (Å²) < 4.78 is 39.8. The first-order valence-corrected chi connectivity index (χ1v) is 10.5. The zero-order chi connectivity index (χ0) is 21.2. The second-order valence-corrected chi connectivity index (χ2v) is 8.91. The maximum atomic E-state index is 13.1. The average molecular weight is 442 g/mol. The maximum Gasteiger partial charge on any atom is 0.271 e. The molecule has 11 heteroatoms. The van der Waals surface area contributed by atoms with E-state index in [1.54, 1.807) is 0 Å². The quantitative estimate of drug-likeness (QED) is 0.564. The number of carbonyl (C=O) groups excluding carboxylic acids is 1. The van der Waals surface area contributed by atoms with Gasteiger partial charge in [-0.15, -0.1) is 0 Å². The minimum absolute atomic E-state index is 0.0540. The van der Waals surface area contributed by atoms with Gasteiger partial charge in [0.2, 0.25) is 15.9 Å². The van der Waals surface area contributed by atoms with Crippen LogP contribution in [0.3, 0.4) is 0 Å². The van der Waals surface area contributed by atoms with Crippen LogP contribution in [0.15, 0.2) is 47.4 Å². The average Bonchev–Trinajstić information content (AvgIpc) is 2.70. The summed E-state index contributed by atoms with van der Waals surface area (Å²) in [6.45, 7) is 0.180. The zero-order valence-electron chi connectivity index (χ0n) is 15.0. The van der Waals surface area contributed by atoms with Gasteiger partial charge >= 0.3 is 0 Å². The molecule has 2 aromatic rings. The van der Waals surface area contributed by atoms with E-state index in [1.807, 2.05) is 0 Å². The maximum absolute atomic E-state index is 13.1. The Morgan fingerprint density at radius 1 is 1.24 bits per heavy atom. The number of hydrogen-bond donors (Lipinski definition) is 1. The first-order valence-electron chi connectivity index (χ1n) is 8.69. The van der Waals surface area contributed by atoms with E-state index in [-0.39, 0.29) is 34.4 Å².